The van der Waals surface area contributed by atoms with Crippen LogP contribution in [0, 0.1) is 6.92 Å². The van der Waals surface area contributed by atoms with E-state index in [2.05, 4.69) is 0 Å². The Morgan fingerprint density at radius 1 is 1.00 bits per heavy atom. The summed E-state index contributed by atoms with van der Waals surface area (Å²) >= 11 is 5.96. The van der Waals surface area contributed by atoms with Crippen LogP contribution in [-0.4, -0.2) is 26.0 Å². The Kier molecular flexibility index (Phi) is 5.78. The van der Waals surface area contributed by atoms with Gasteiger partial charge in [-0.2, -0.15) is 5.10 Å². The predicted octanol–water partition coefficient (Wildman–Crippen LogP) is 5.62. The molecule has 0 saturated heterocycles. The van der Waals surface area contributed by atoms with E-state index >= 15 is 0 Å². The molecule has 156 valence electrons. The van der Waals surface area contributed by atoms with Gasteiger partial charge in [0.1, 0.15) is 5.75 Å². The van der Waals surface area contributed by atoms with Gasteiger partial charge in [0.05, 0.1) is 23.0 Å². The Morgan fingerprint density at radius 2 is 1.65 bits per heavy atom. The zero-order chi connectivity index (χ0) is 22.0. The summed E-state index contributed by atoms with van der Waals surface area (Å²) in [5, 5.41) is 24.8. The van der Waals surface area contributed by atoms with E-state index in [0.717, 1.165) is 22.5 Å². The molecule has 0 bridgehead atoms. The van der Waals surface area contributed by atoms with Gasteiger partial charge in [-0.3, -0.25) is 4.79 Å². The lowest BCUT2D eigenvalue weighted by Crippen LogP contribution is -2.15. The number of aromatic hydroxyl groups is 1. The standard InChI is InChI=1S/C25H21ClN2O3/c1-16-2-4-18(5-3-16)24-15-20(27-28(24)21-10-12-22(29)13-11-21)14-23(25(30)31)17-6-8-19(26)9-7-17/h2-13,15,23,29H,14H2,1H3,(H,30,31). The molecule has 0 spiro atoms. The van der Waals surface area contributed by atoms with Crippen molar-refractivity contribution in [1.29, 1.82) is 0 Å². The number of halogens is 1. The quantitative estimate of drug-likeness (QED) is 0.414. The molecular weight excluding hydrogens is 412 g/mol. The summed E-state index contributed by atoms with van der Waals surface area (Å²) in [6.45, 7) is 2.02. The summed E-state index contributed by atoms with van der Waals surface area (Å²) in [7, 11) is 0. The van der Waals surface area contributed by atoms with Gasteiger partial charge in [-0.25, -0.2) is 4.68 Å². The topological polar surface area (TPSA) is 75.3 Å². The van der Waals surface area contributed by atoms with Crippen molar-refractivity contribution in [2.45, 2.75) is 19.3 Å². The molecule has 2 N–H and O–H groups in total. The van der Waals surface area contributed by atoms with Gasteiger partial charge < -0.3 is 10.2 Å². The Balaban J connectivity index is 1.76. The van der Waals surface area contributed by atoms with Gasteiger partial charge >= 0.3 is 5.97 Å². The minimum atomic E-state index is -0.918. The van der Waals surface area contributed by atoms with Crippen LogP contribution in [0.15, 0.2) is 78.9 Å². The third kappa shape index (κ3) is 4.62. The van der Waals surface area contributed by atoms with Crippen molar-refractivity contribution in [2.75, 3.05) is 0 Å². The molecule has 4 rings (SSSR count). The lowest BCUT2D eigenvalue weighted by molar-refractivity contribution is -0.138. The van der Waals surface area contributed by atoms with Crippen molar-refractivity contribution in [3.63, 3.8) is 0 Å². The van der Waals surface area contributed by atoms with Crippen LogP contribution >= 0.6 is 11.6 Å². The smallest absolute Gasteiger partial charge is 0.311 e. The second-order valence-electron chi connectivity index (χ2n) is 7.46. The minimum Gasteiger partial charge on any atom is -0.508 e. The molecule has 0 fully saturated rings. The molecule has 3 aromatic carbocycles. The van der Waals surface area contributed by atoms with Gasteiger partial charge in [-0.15, -0.1) is 0 Å². The summed E-state index contributed by atoms with van der Waals surface area (Å²) < 4.78 is 1.78. The average Bonchev–Trinajstić information content (AvgIpc) is 3.17. The average molecular weight is 433 g/mol. The van der Waals surface area contributed by atoms with Crippen LogP contribution in [0.25, 0.3) is 16.9 Å². The number of benzene rings is 3. The van der Waals surface area contributed by atoms with Gasteiger partial charge in [-0.1, -0.05) is 53.6 Å². The fourth-order valence-corrected chi connectivity index (χ4v) is 3.63. The second kappa shape index (κ2) is 8.66. The normalized spacial score (nSPS) is 11.9. The highest BCUT2D eigenvalue weighted by molar-refractivity contribution is 6.30. The first-order chi connectivity index (χ1) is 14.9. The Hall–Kier alpha value is -3.57. The first-order valence-electron chi connectivity index (χ1n) is 9.84. The number of hydrogen-bond donors (Lipinski definition) is 2. The molecule has 1 unspecified atom stereocenters. The van der Waals surface area contributed by atoms with Gasteiger partial charge in [0.2, 0.25) is 0 Å². The summed E-state index contributed by atoms with van der Waals surface area (Å²) in [4.78, 5) is 12.0. The number of nitrogens with zero attached hydrogens (tertiary/aromatic N) is 2. The predicted molar refractivity (Wildman–Crippen MR) is 121 cm³/mol. The van der Waals surface area contributed by atoms with Crippen molar-refractivity contribution in [1.82, 2.24) is 9.78 Å². The zero-order valence-corrected chi connectivity index (χ0v) is 17.6. The van der Waals surface area contributed by atoms with Crippen molar-refractivity contribution in [2.24, 2.45) is 0 Å². The van der Waals surface area contributed by atoms with Crippen molar-refractivity contribution in [3.05, 3.63) is 101 Å². The fraction of sp³-hybridized carbons (Fsp3) is 0.120. The molecule has 31 heavy (non-hydrogen) atoms. The summed E-state index contributed by atoms with van der Waals surface area (Å²) in [5.41, 5.74) is 5.07. The van der Waals surface area contributed by atoms with Crippen molar-refractivity contribution < 1.29 is 15.0 Å². The molecular formula is C25H21ClN2O3. The zero-order valence-electron chi connectivity index (χ0n) is 16.9. The monoisotopic (exact) mass is 432 g/mol. The number of phenolic OH excluding ortho intramolecular Hbond substituents is 1. The maximum absolute atomic E-state index is 12.0. The van der Waals surface area contributed by atoms with E-state index in [1.807, 2.05) is 37.3 Å². The molecule has 0 aliphatic rings. The van der Waals surface area contributed by atoms with E-state index in [1.54, 1.807) is 53.2 Å². The molecule has 0 amide bonds. The Morgan fingerprint density at radius 3 is 2.26 bits per heavy atom. The van der Waals surface area contributed by atoms with Crippen LogP contribution < -0.4 is 0 Å². The summed E-state index contributed by atoms with van der Waals surface area (Å²) in [6.07, 6.45) is 0.237. The first kappa shape index (κ1) is 20.7. The van der Waals surface area contributed by atoms with Crippen LogP contribution in [0.3, 0.4) is 0 Å². The van der Waals surface area contributed by atoms with Crippen LogP contribution in [0.5, 0.6) is 5.75 Å². The van der Waals surface area contributed by atoms with Gasteiger partial charge in [0.15, 0.2) is 0 Å². The van der Waals surface area contributed by atoms with Crippen LogP contribution in [-0.2, 0) is 11.2 Å². The Bertz CT molecular complexity index is 1130. The SMILES string of the molecule is Cc1ccc(-c2cc(CC(C(=O)O)c3ccc(Cl)cc3)nn2-c2ccc(O)cc2)cc1. The molecule has 6 heteroatoms. The van der Waals surface area contributed by atoms with Crippen LogP contribution in [0.1, 0.15) is 22.7 Å². The molecule has 5 nitrogen and oxygen atoms in total. The number of aromatic nitrogens is 2. The van der Waals surface area contributed by atoms with E-state index in [4.69, 9.17) is 16.7 Å². The first-order valence-corrected chi connectivity index (χ1v) is 10.2. The number of carboxylic acids is 1. The lowest BCUT2D eigenvalue weighted by Gasteiger charge is -2.11. The van der Waals surface area contributed by atoms with E-state index in [1.165, 1.54) is 0 Å². The molecule has 1 atom stereocenters. The van der Waals surface area contributed by atoms with E-state index in [9.17, 15) is 15.0 Å². The lowest BCUT2D eigenvalue weighted by atomic mass is 9.94. The number of rotatable bonds is 6. The fourth-order valence-electron chi connectivity index (χ4n) is 3.50. The van der Waals surface area contributed by atoms with Crippen LogP contribution in [0.2, 0.25) is 5.02 Å². The van der Waals surface area contributed by atoms with Crippen LogP contribution in [0.4, 0.5) is 0 Å². The molecule has 4 aromatic rings. The second-order valence-corrected chi connectivity index (χ2v) is 7.90. The van der Waals surface area contributed by atoms with E-state index in [-0.39, 0.29) is 12.2 Å². The summed E-state index contributed by atoms with van der Waals surface area (Å²) in [6, 6.07) is 23.6. The van der Waals surface area contributed by atoms with Gasteiger partial charge in [0.25, 0.3) is 0 Å². The highest BCUT2D eigenvalue weighted by Crippen LogP contribution is 2.29. The third-order valence-electron chi connectivity index (χ3n) is 5.19. The Labute approximate surface area is 185 Å². The number of hydrogen-bond acceptors (Lipinski definition) is 3. The molecule has 0 radical (unpaired) electrons. The van der Waals surface area contributed by atoms with E-state index in [0.29, 0.717) is 16.3 Å². The molecule has 0 aliphatic heterocycles. The number of carbonyl (C=O) groups is 1. The highest BCUT2D eigenvalue weighted by atomic mass is 35.5. The number of aliphatic carboxylic acids is 1. The highest BCUT2D eigenvalue weighted by Gasteiger charge is 2.23. The van der Waals surface area contributed by atoms with Crippen molar-refractivity contribution >= 4 is 17.6 Å². The largest absolute Gasteiger partial charge is 0.508 e. The molecule has 0 saturated carbocycles. The van der Waals surface area contributed by atoms with Gasteiger partial charge in [-0.05, 0) is 55.0 Å². The third-order valence-corrected chi connectivity index (χ3v) is 5.44. The summed E-state index contributed by atoms with van der Waals surface area (Å²) in [5.74, 6) is -1.49. The molecule has 0 aliphatic carbocycles. The number of phenols is 1. The maximum atomic E-state index is 12.0. The molecule has 1 heterocycles. The molecule has 1 aromatic heterocycles. The number of carboxylic acid groups (broad SMARTS) is 1. The maximum Gasteiger partial charge on any atom is 0.311 e. The van der Waals surface area contributed by atoms with E-state index < -0.39 is 11.9 Å². The minimum absolute atomic E-state index is 0.168. The number of aryl methyl sites for hydroxylation is 1. The van der Waals surface area contributed by atoms with Crippen molar-refractivity contribution in [3.8, 4) is 22.7 Å². The van der Waals surface area contributed by atoms with Gasteiger partial charge in [0, 0.05) is 17.0 Å².